The zero-order valence-electron chi connectivity index (χ0n) is 15.6. The van der Waals surface area contributed by atoms with Crippen molar-refractivity contribution in [1.29, 1.82) is 0 Å². The van der Waals surface area contributed by atoms with Crippen LogP contribution in [0.5, 0.6) is 5.88 Å². The summed E-state index contributed by atoms with van der Waals surface area (Å²) < 4.78 is 71.7. The summed E-state index contributed by atoms with van der Waals surface area (Å²) in [6.45, 7) is 1.07. The van der Waals surface area contributed by atoms with Crippen LogP contribution in [0.15, 0.2) is 23.1 Å². The van der Waals surface area contributed by atoms with Crippen LogP contribution in [0.4, 0.5) is 33.6 Å². The monoisotopic (exact) mass is 483 g/mol. The summed E-state index contributed by atoms with van der Waals surface area (Å²) in [5, 5.41) is 3.16. The van der Waals surface area contributed by atoms with Gasteiger partial charge in [0.05, 0.1) is 12.0 Å². The molecule has 0 radical (unpaired) electrons. The van der Waals surface area contributed by atoms with Crippen molar-refractivity contribution in [3.63, 3.8) is 0 Å². The van der Waals surface area contributed by atoms with Gasteiger partial charge in [0.1, 0.15) is 16.5 Å². The maximum Gasteiger partial charge on any atom is 0.391 e. The third kappa shape index (κ3) is 5.18. The average Bonchev–Trinajstić information content (AvgIpc) is 3.05. The Morgan fingerprint density at radius 3 is 2.59 bits per heavy atom. The topological polar surface area (TPSA) is 53.8 Å². The largest absolute Gasteiger partial charge is 0.460 e. The van der Waals surface area contributed by atoms with Gasteiger partial charge in [0.2, 0.25) is 0 Å². The van der Waals surface area contributed by atoms with E-state index in [4.69, 9.17) is 4.74 Å². The van der Waals surface area contributed by atoms with E-state index in [2.05, 4.69) is 31.2 Å². The molecule has 0 atom stereocenters. The minimum Gasteiger partial charge on any atom is -0.460 e. The lowest BCUT2D eigenvalue weighted by Gasteiger charge is -2.29. The van der Waals surface area contributed by atoms with Crippen molar-refractivity contribution in [3.8, 4) is 5.88 Å². The Hall–Kier alpha value is -1.91. The van der Waals surface area contributed by atoms with E-state index in [9.17, 15) is 22.0 Å². The molecule has 1 fully saturated rings. The van der Waals surface area contributed by atoms with E-state index in [1.807, 2.05) is 6.92 Å². The van der Waals surface area contributed by atoms with Gasteiger partial charge in [-0.25, -0.2) is 24.1 Å². The number of anilines is 2. The summed E-state index contributed by atoms with van der Waals surface area (Å²) in [5.41, 5.74) is 1.54. The molecule has 2 aromatic heterocycles. The van der Waals surface area contributed by atoms with Crippen molar-refractivity contribution in [1.82, 2.24) is 9.97 Å². The molecule has 0 bridgehead atoms. The Morgan fingerprint density at radius 1 is 1.31 bits per heavy atom. The number of imidazole rings is 1. The highest BCUT2D eigenvalue weighted by atomic mass is 79.9. The first-order chi connectivity index (χ1) is 13.7. The van der Waals surface area contributed by atoms with Crippen molar-refractivity contribution < 1.29 is 31.3 Å². The average molecular weight is 484 g/mol. The summed E-state index contributed by atoms with van der Waals surface area (Å²) in [4.78, 5) is 7.11. The molecule has 0 aromatic carbocycles. The van der Waals surface area contributed by atoms with Gasteiger partial charge in [-0.15, -0.1) is 0 Å². The van der Waals surface area contributed by atoms with E-state index in [0.717, 1.165) is 5.56 Å². The summed E-state index contributed by atoms with van der Waals surface area (Å²) in [6, 6.07) is 1.48. The first-order valence-electron chi connectivity index (χ1n) is 9.15. The molecule has 29 heavy (non-hydrogen) atoms. The van der Waals surface area contributed by atoms with Gasteiger partial charge in [0.15, 0.2) is 6.61 Å². The van der Waals surface area contributed by atoms with E-state index in [-0.39, 0.29) is 37.6 Å². The molecule has 0 aliphatic heterocycles. The molecule has 2 aromatic rings. The van der Waals surface area contributed by atoms with Gasteiger partial charge in [-0.1, -0.05) is 0 Å². The molecular weight excluding hydrogens is 463 g/mol. The van der Waals surface area contributed by atoms with Gasteiger partial charge >= 0.3 is 12.1 Å². The number of hydrogen-bond acceptors (Lipinski definition) is 3. The van der Waals surface area contributed by atoms with Crippen molar-refractivity contribution in [2.45, 2.75) is 51.3 Å². The van der Waals surface area contributed by atoms with Crippen LogP contribution < -0.4 is 14.6 Å². The van der Waals surface area contributed by atoms with E-state index in [1.54, 1.807) is 16.8 Å². The zero-order valence-corrected chi connectivity index (χ0v) is 17.2. The van der Waals surface area contributed by atoms with Crippen LogP contribution in [0.3, 0.4) is 0 Å². The molecule has 2 heterocycles. The Balaban J connectivity index is 1.88. The molecule has 1 aliphatic rings. The number of ether oxygens (including phenoxy) is 1. The number of rotatable bonds is 6. The van der Waals surface area contributed by atoms with Crippen LogP contribution in [-0.4, -0.2) is 29.2 Å². The van der Waals surface area contributed by atoms with E-state index < -0.39 is 25.1 Å². The fourth-order valence-electron chi connectivity index (χ4n) is 3.55. The lowest BCUT2D eigenvalue weighted by atomic mass is 9.85. The van der Waals surface area contributed by atoms with Crippen LogP contribution in [0.2, 0.25) is 0 Å². The quantitative estimate of drug-likeness (QED) is 0.326. The number of alkyl halides is 5. The third-order valence-electron chi connectivity index (χ3n) is 5.05. The molecule has 1 aliphatic carbocycles. The third-order valence-corrected chi connectivity index (χ3v) is 5.65. The Bertz CT molecular complexity index is 814. The molecular formula is C18H21BrF5N4O+. The first-order valence-corrected chi connectivity index (χ1v) is 9.94. The Labute approximate surface area is 172 Å². The van der Waals surface area contributed by atoms with Gasteiger partial charge in [-0.05, 0) is 60.2 Å². The molecule has 1 saturated carbocycles. The lowest BCUT2D eigenvalue weighted by Crippen LogP contribution is -2.45. The SMILES string of the molecule is Cc1ccnc(Br)c1Nc1[nH]cc(OCC(F)F)[n+]1C1CCC(C(F)(F)F)CC1. The number of nitrogens with zero attached hydrogens (tertiary/aromatic N) is 2. The van der Waals surface area contributed by atoms with Gasteiger partial charge in [-0.3, -0.25) is 0 Å². The molecule has 2 N–H and O–H groups in total. The van der Waals surface area contributed by atoms with Gasteiger partial charge in [-0.2, -0.15) is 17.7 Å². The summed E-state index contributed by atoms with van der Waals surface area (Å²) in [7, 11) is 0. The standard InChI is InChI=1S/C18H20BrF5N4O/c1-10-6-7-25-16(19)15(10)27-17-26-8-14(29-9-13(20)21)28(17)12-4-2-11(3-5-12)18(22,23)24/h6-8,11-13H,2-5,9H2,1H3,(H,26,27)/p+1. The van der Waals surface area contributed by atoms with Gasteiger partial charge in [0, 0.05) is 6.20 Å². The number of aryl methyl sites for hydroxylation is 1. The number of halogens is 6. The smallest absolute Gasteiger partial charge is 0.391 e. The van der Waals surface area contributed by atoms with E-state index in [1.165, 1.54) is 6.20 Å². The van der Waals surface area contributed by atoms with Gasteiger partial charge < -0.3 is 4.74 Å². The zero-order chi connectivity index (χ0) is 21.2. The minimum atomic E-state index is -4.22. The van der Waals surface area contributed by atoms with E-state index >= 15 is 0 Å². The number of hydrogen-bond donors (Lipinski definition) is 2. The molecule has 0 spiro atoms. The van der Waals surface area contributed by atoms with Crippen molar-refractivity contribution in [2.75, 3.05) is 11.9 Å². The second-order valence-electron chi connectivity index (χ2n) is 7.01. The number of aromatic nitrogens is 3. The molecule has 0 unspecified atom stereocenters. The van der Waals surface area contributed by atoms with Crippen LogP contribution in [0.25, 0.3) is 0 Å². The second-order valence-corrected chi connectivity index (χ2v) is 7.76. The van der Waals surface area contributed by atoms with Crippen molar-refractivity contribution in [2.24, 2.45) is 5.92 Å². The number of aromatic amines is 1. The number of pyridine rings is 1. The number of H-pyrrole nitrogens is 1. The second kappa shape index (κ2) is 8.85. The normalized spacial score (nSPS) is 20.1. The fourth-order valence-corrected chi connectivity index (χ4v) is 4.08. The molecule has 5 nitrogen and oxygen atoms in total. The highest BCUT2D eigenvalue weighted by Gasteiger charge is 2.43. The van der Waals surface area contributed by atoms with Crippen LogP contribution in [0.1, 0.15) is 37.3 Å². The molecule has 160 valence electrons. The summed E-state index contributed by atoms with van der Waals surface area (Å²) in [6.07, 6.45) is -3.33. The lowest BCUT2D eigenvalue weighted by molar-refractivity contribution is -0.716. The summed E-state index contributed by atoms with van der Waals surface area (Å²) in [5.74, 6) is -0.753. The van der Waals surface area contributed by atoms with E-state index in [0.29, 0.717) is 16.2 Å². The van der Waals surface area contributed by atoms with Gasteiger partial charge in [0.25, 0.3) is 12.3 Å². The van der Waals surface area contributed by atoms with Crippen LogP contribution in [-0.2, 0) is 0 Å². The Morgan fingerprint density at radius 2 is 2.00 bits per heavy atom. The Kier molecular flexibility index (Phi) is 6.65. The fraction of sp³-hybridized carbons (Fsp3) is 0.556. The number of nitrogens with one attached hydrogen (secondary N) is 2. The highest BCUT2D eigenvalue weighted by molar-refractivity contribution is 9.10. The van der Waals surface area contributed by atoms with Crippen molar-refractivity contribution in [3.05, 3.63) is 28.6 Å². The first kappa shape index (κ1) is 21.8. The molecule has 3 rings (SSSR count). The van der Waals surface area contributed by atoms with Crippen LogP contribution in [0, 0.1) is 12.8 Å². The van der Waals surface area contributed by atoms with Crippen molar-refractivity contribution >= 4 is 27.6 Å². The molecule has 11 heteroatoms. The molecule has 0 saturated heterocycles. The summed E-state index contributed by atoms with van der Waals surface area (Å²) >= 11 is 3.36. The highest BCUT2D eigenvalue weighted by Crippen LogP contribution is 2.40. The van der Waals surface area contributed by atoms with Crippen LogP contribution >= 0.6 is 15.9 Å². The predicted molar refractivity (Wildman–Crippen MR) is 99.5 cm³/mol. The minimum absolute atomic E-state index is 0.0182. The maximum atomic E-state index is 13.0. The maximum absolute atomic E-state index is 13.0. The predicted octanol–water partition coefficient (Wildman–Crippen LogP) is 5.45. The molecule has 0 amide bonds.